The third-order valence-corrected chi connectivity index (χ3v) is 11.9. The average molecular weight is 632 g/mol. The first-order valence-corrected chi connectivity index (χ1v) is 16.8. The van der Waals surface area contributed by atoms with Crippen LogP contribution in [0.1, 0.15) is 84.6 Å². The fraction of sp³-hybridized carbons (Fsp3) is 0.622. The Hall–Kier alpha value is -3.64. The number of allylic oxidation sites excluding steroid dienone is 2. The third kappa shape index (κ3) is 6.33. The molecule has 0 spiro atoms. The number of hydrogen-bond acceptors (Lipinski definition) is 6. The molecule has 9 nitrogen and oxygen atoms in total. The van der Waals surface area contributed by atoms with E-state index in [9.17, 15) is 24.6 Å². The molecule has 2 amide bonds. The zero-order valence-corrected chi connectivity index (χ0v) is 27.6. The number of amides is 2. The molecule has 0 aliphatic heterocycles. The second kappa shape index (κ2) is 13.2. The van der Waals surface area contributed by atoms with E-state index >= 15 is 0 Å². The van der Waals surface area contributed by atoms with Gasteiger partial charge in [0.25, 0.3) is 5.91 Å². The summed E-state index contributed by atoms with van der Waals surface area (Å²) in [7, 11) is 0. The van der Waals surface area contributed by atoms with E-state index < -0.39 is 35.5 Å². The van der Waals surface area contributed by atoms with Crippen LogP contribution < -0.4 is 10.6 Å². The number of carboxylic acid groups (broad SMARTS) is 1. The summed E-state index contributed by atoms with van der Waals surface area (Å²) in [4.78, 5) is 43.2. The number of nitrogens with one attached hydrogen (secondary N) is 2. The van der Waals surface area contributed by atoms with Crippen molar-refractivity contribution in [2.24, 2.45) is 39.7 Å². The molecule has 248 valence electrons. The molecule has 1 aromatic rings. The van der Waals surface area contributed by atoms with E-state index in [0.29, 0.717) is 24.2 Å². The van der Waals surface area contributed by atoms with Gasteiger partial charge in [0.2, 0.25) is 5.91 Å². The van der Waals surface area contributed by atoms with Crippen LogP contribution in [-0.2, 0) is 25.6 Å². The number of rotatable bonds is 10. The number of carbonyl (C=O) groups excluding carboxylic acids is 2. The molecule has 4 aliphatic rings. The summed E-state index contributed by atoms with van der Waals surface area (Å²) >= 11 is 0. The van der Waals surface area contributed by atoms with E-state index in [1.54, 1.807) is 26.0 Å². The summed E-state index contributed by atoms with van der Waals surface area (Å²) < 4.78 is 0. The van der Waals surface area contributed by atoms with Crippen molar-refractivity contribution in [3.8, 4) is 12.3 Å². The van der Waals surface area contributed by atoms with Crippen LogP contribution in [0.2, 0.25) is 0 Å². The molecule has 4 aliphatic carbocycles. The summed E-state index contributed by atoms with van der Waals surface area (Å²) in [6.45, 7) is 7.82. The SMILES string of the molecule is C#C[C@@]1(O)CC[C@@H]2[C@@H]3CCC4=CC(=NOCC(=O)N[C@@H](C(=O)N[C@H](Cc5ccccc5)C(=O)O)C(C)C)CC[C@@]4(C)[C@H]3CC[C@]21C. The molecule has 0 aromatic heterocycles. The van der Waals surface area contributed by atoms with Gasteiger partial charge in [-0.25, -0.2) is 4.79 Å². The number of aliphatic carboxylic acids is 1. The summed E-state index contributed by atoms with van der Waals surface area (Å²) in [6.07, 6.45) is 15.6. The largest absolute Gasteiger partial charge is 0.480 e. The number of terminal acetylenes is 1. The molecule has 8 atom stereocenters. The minimum Gasteiger partial charge on any atom is -0.480 e. The van der Waals surface area contributed by atoms with Gasteiger partial charge in [0.05, 0.1) is 5.71 Å². The van der Waals surface area contributed by atoms with Gasteiger partial charge in [-0.2, -0.15) is 0 Å². The molecule has 0 heterocycles. The predicted molar refractivity (Wildman–Crippen MR) is 175 cm³/mol. The second-order valence-electron chi connectivity index (χ2n) is 14.7. The summed E-state index contributed by atoms with van der Waals surface area (Å²) in [5.74, 6) is 1.81. The highest BCUT2D eigenvalue weighted by atomic mass is 16.6. The zero-order valence-electron chi connectivity index (χ0n) is 27.6. The van der Waals surface area contributed by atoms with Crippen LogP contribution >= 0.6 is 0 Å². The Kier molecular flexibility index (Phi) is 9.70. The molecule has 4 N–H and O–H groups in total. The highest BCUT2D eigenvalue weighted by Gasteiger charge is 2.63. The predicted octanol–water partition coefficient (Wildman–Crippen LogP) is 4.64. The highest BCUT2D eigenvalue weighted by molar-refractivity contribution is 5.96. The van der Waals surface area contributed by atoms with E-state index in [4.69, 9.17) is 11.3 Å². The fourth-order valence-electron chi connectivity index (χ4n) is 9.13. The minimum atomic E-state index is -1.15. The maximum absolute atomic E-state index is 13.1. The van der Waals surface area contributed by atoms with Gasteiger partial charge in [0, 0.05) is 11.8 Å². The summed E-state index contributed by atoms with van der Waals surface area (Å²) in [5.41, 5.74) is 1.84. The fourth-order valence-corrected chi connectivity index (χ4v) is 9.13. The Balaban J connectivity index is 1.16. The standard InChI is InChI=1S/C37H49N3O6/c1-6-37(45)19-16-29-27-13-12-25-21-26(14-17-35(25,4)28(27)15-18-36(29,37)5)40-46-22-31(41)39-32(23(2)3)33(42)38-30(34(43)44)20-24-10-8-7-9-11-24/h1,7-11,21,23,27-30,32,45H,12-20,22H2,2-5H3,(H,38,42)(H,39,41)(H,43,44)/t27-,28+,29-,30-,32-,35-,36-,37-/m1/s1. The van der Waals surface area contributed by atoms with Gasteiger partial charge in [-0.1, -0.05) is 74.7 Å². The van der Waals surface area contributed by atoms with Gasteiger partial charge >= 0.3 is 5.97 Å². The summed E-state index contributed by atoms with van der Waals surface area (Å²) in [6, 6.07) is 7.02. The quantitative estimate of drug-likeness (QED) is 0.219. The Morgan fingerprint density at radius 1 is 1.04 bits per heavy atom. The van der Waals surface area contributed by atoms with Crippen molar-refractivity contribution >= 4 is 23.5 Å². The molecule has 1 aromatic carbocycles. The van der Waals surface area contributed by atoms with Gasteiger partial charge in [-0.3, -0.25) is 9.59 Å². The first kappa shape index (κ1) is 33.7. The molecule has 3 saturated carbocycles. The number of hydrogen-bond donors (Lipinski definition) is 4. The number of aliphatic hydroxyl groups is 1. The molecule has 3 fully saturated rings. The number of carboxylic acids is 1. The van der Waals surface area contributed by atoms with Crippen LogP contribution in [0.4, 0.5) is 0 Å². The van der Waals surface area contributed by atoms with Gasteiger partial charge in [-0.15, -0.1) is 6.42 Å². The van der Waals surface area contributed by atoms with Crippen molar-refractivity contribution in [3.63, 3.8) is 0 Å². The number of oxime groups is 1. The topological polar surface area (TPSA) is 137 Å². The van der Waals surface area contributed by atoms with Gasteiger partial charge in [0.1, 0.15) is 17.7 Å². The first-order chi connectivity index (χ1) is 21.8. The highest BCUT2D eigenvalue weighted by Crippen LogP contribution is 2.67. The number of carbonyl (C=O) groups is 3. The van der Waals surface area contributed by atoms with E-state index in [1.165, 1.54) is 5.57 Å². The molecular formula is C37H49N3O6. The normalized spacial score (nSPS) is 33.8. The number of nitrogens with zero attached hydrogens (tertiary/aromatic N) is 1. The molecule has 0 saturated heterocycles. The third-order valence-electron chi connectivity index (χ3n) is 11.9. The second-order valence-corrected chi connectivity index (χ2v) is 14.7. The number of fused-ring (bicyclic) bond motifs is 5. The summed E-state index contributed by atoms with van der Waals surface area (Å²) in [5, 5.41) is 30.5. The average Bonchev–Trinajstić information content (AvgIpc) is 3.30. The van der Waals surface area contributed by atoms with Gasteiger partial charge in [0.15, 0.2) is 6.61 Å². The van der Waals surface area contributed by atoms with Gasteiger partial charge in [-0.05, 0) is 92.1 Å². The lowest BCUT2D eigenvalue weighted by molar-refractivity contribution is -0.142. The Morgan fingerprint density at radius 2 is 1.76 bits per heavy atom. The molecule has 5 rings (SSSR count). The Bertz CT molecular complexity index is 1430. The van der Waals surface area contributed by atoms with E-state index in [2.05, 4.69) is 41.6 Å². The molecule has 0 bridgehead atoms. The molecule has 9 heteroatoms. The molecular weight excluding hydrogens is 582 g/mol. The van der Waals surface area contributed by atoms with Gasteiger partial charge < -0.3 is 25.7 Å². The number of benzene rings is 1. The monoisotopic (exact) mass is 631 g/mol. The molecule has 0 radical (unpaired) electrons. The van der Waals surface area contributed by atoms with Crippen LogP contribution in [-0.4, -0.2) is 58.0 Å². The van der Waals surface area contributed by atoms with Crippen LogP contribution in [0.3, 0.4) is 0 Å². The Labute approximate surface area is 272 Å². The molecule has 0 unspecified atom stereocenters. The molecule has 46 heavy (non-hydrogen) atoms. The van der Waals surface area contributed by atoms with Crippen molar-refractivity contribution < 1.29 is 29.4 Å². The maximum Gasteiger partial charge on any atom is 0.326 e. The van der Waals surface area contributed by atoms with Crippen molar-refractivity contribution in [3.05, 3.63) is 47.5 Å². The van der Waals surface area contributed by atoms with E-state index in [1.807, 2.05) is 18.2 Å². The van der Waals surface area contributed by atoms with Crippen LogP contribution in [0.5, 0.6) is 0 Å². The lowest BCUT2D eigenvalue weighted by Gasteiger charge is -2.58. The zero-order chi connectivity index (χ0) is 33.3. The van der Waals surface area contributed by atoms with E-state index in [-0.39, 0.29) is 29.8 Å². The maximum atomic E-state index is 13.1. The van der Waals surface area contributed by atoms with Crippen LogP contribution in [0, 0.1) is 46.8 Å². The Morgan fingerprint density at radius 3 is 2.43 bits per heavy atom. The smallest absolute Gasteiger partial charge is 0.326 e. The van der Waals surface area contributed by atoms with Crippen molar-refractivity contribution in [1.29, 1.82) is 0 Å². The lowest BCUT2D eigenvalue weighted by Crippen LogP contribution is -2.54. The van der Waals surface area contributed by atoms with Crippen LogP contribution in [0.15, 0.2) is 47.1 Å². The van der Waals surface area contributed by atoms with E-state index in [0.717, 1.165) is 56.2 Å². The first-order valence-electron chi connectivity index (χ1n) is 16.8. The van der Waals surface area contributed by atoms with Crippen LogP contribution in [0.25, 0.3) is 0 Å². The van der Waals surface area contributed by atoms with Crippen molar-refractivity contribution in [2.45, 2.75) is 103 Å². The lowest BCUT2D eigenvalue weighted by atomic mass is 9.46. The van der Waals surface area contributed by atoms with Crippen molar-refractivity contribution in [1.82, 2.24) is 10.6 Å². The minimum absolute atomic E-state index is 0.0731. The van der Waals surface area contributed by atoms with Crippen molar-refractivity contribution in [2.75, 3.05) is 6.61 Å².